The van der Waals surface area contributed by atoms with Crippen LogP contribution in [0.4, 0.5) is 4.79 Å². The minimum Gasteiger partial charge on any atom is -0.338 e. The van der Waals surface area contributed by atoms with Crippen molar-refractivity contribution in [3.05, 3.63) is 0 Å². The highest BCUT2D eigenvalue weighted by atomic mass is 32.2. The zero-order valence-corrected chi connectivity index (χ0v) is 8.77. The van der Waals surface area contributed by atoms with Crippen molar-refractivity contribution in [3.8, 4) is 0 Å². The lowest BCUT2D eigenvalue weighted by Gasteiger charge is -2.26. The van der Waals surface area contributed by atoms with Crippen molar-refractivity contribution in [3.63, 3.8) is 0 Å². The Bertz CT molecular complexity index is 210. The molecule has 4 heteroatoms. The van der Waals surface area contributed by atoms with Gasteiger partial charge in [-0.1, -0.05) is 6.92 Å². The molecule has 2 fully saturated rings. The zero-order chi connectivity index (χ0) is 9.26. The highest BCUT2D eigenvalue weighted by Crippen LogP contribution is 2.37. The van der Waals surface area contributed by atoms with E-state index in [4.69, 9.17) is 0 Å². The Labute approximate surface area is 83.2 Å². The number of rotatable bonds is 2. The summed E-state index contributed by atoms with van der Waals surface area (Å²) in [7, 11) is 0. The number of carbonyl (C=O) groups excluding carboxylic acids is 1. The van der Waals surface area contributed by atoms with Gasteiger partial charge >= 0.3 is 6.03 Å². The Kier molecular flexibility index (Phi) is 2.67. The number of amides is 2. The summed E-state index contributed by atoms with van der Waals surface area (Å²) in [5.74, 6) is 1.14. The summed E-state index contributed by atoms with van der Waals surface area (Å²) >= 11 is 2.02. The number of fused-ring (bicyclic) bond motifs is 2. The summed E-state index contributed by atoms with van der Waals surface area (Å²) in [4.78, 5) is 13.6. The molecule has 0 aromatic heterocycles. The third kappa shape index (κ3) is 1.77. The molecule has 3 nitrogen and oxygen atoms in total. The quantitative estimate of drug-likeness (QED) is 0.728. The van der Waals surface area contributed by atoms with Crippen molar-refractivity contribution in [2.75, 3.05) is 18.8 Å². The van der Waals surface area contributed by atoms with Crippen LogP contribution in [0.3, 0.4) is 0 Å². The van der Waals surface area contributed by atoms with Crippen LogP contribution < -0.4 is 5.32 Å². The molecule has 2 bridgehead atoms. The van der Waals surface area contributed by atoms with Gasteiger partial charge in [-0.3, -0.25) is 0 Å². The van der Waals surface area contributed by atoms with Crippen molar-refractivity contribution >= 4 is 17.8 Å². The van der Waals surface area contributed by atoms with Crippen molar-refractivity contribution in [2.45, 2.75) is 31.1 Å². The summed E-state index contributed by atoms with van der Waals surface area (Å²) in [5.41, 5.74) is 0. The molecule has 2 amide bonds. The van der Waals surface area contributed by atoms with Gasteiger partial charge in [0.25, 0.3) is 0 Å². The van der Waals surface area contributed by atoms with Crippen LogP contribution in [0.5, 0.6) is 0 Å². The second-order valence-electron chi connectivity index (χ2n) is 3.73. The van der Waals surface area contributed by atoms with Gasteiger partial charge in [0.1, 0.15) is 0 Å². The van der Waals surface area contributed by atoms with Crippen molar-refractivity contribution in [1.29, 1.82) is 0 Å². The van der Waals surface area contributed by atoms with Gasteiger partial charge in [-0.2, -0.15) is 11.8 Å². The number of carbonyl (C=O) groups is 1. The van der Waals surface area contributed by atoms with Gasteiger partial charge in [0.05, 0.1) is 0 Å². The lowest BCUT2D eigenvalue weighted by molar-refractivity contribution is 0.196. The Morgan fingerprint density at radius 3 is 3.08 bits per heavy atom. The fourth-order valence-electron chi connectivity index (χ4n) is 1.98. The molecule has 2 unspecified atom stereocenters. The van der Waals surface area contributed by atoms with Gasteiger partial charge < -0.3 is 10.2 Å². The molecule has 0 spiro atoms. The van der Waals surface area contributed by atoms with Gasteiger partial charge in [0.2, 0.25) is 0 Å². The number of likely N-dealkylation sites (tertiary alicyclic amines) is 1. The topological polar surface area (TPSA) is 32.3 Å². The summed E-state index contributed by atoms with van der Waals surface area (Å²) in [6.07, 6.45) is 2.23. The predicted molar refractivity (Wildman–Crippen MR) is 55.0 cm³/mol. The van der Waals surface area contributed by atoms with E-state index in [0.29, 0.717) is 6.04 Å². The molecule has 1 N–H and O–H groups in total. The number of urea groups is 1. The van der Waals surface area contributed by atoms with E-state index in [9.17, 15) is 4.79 Å². The molecule has 13 heavy (non-hydrogen) atoms. The van der Waals surface area contributed by atoms with Gasteiger partial charge in [-0.25, -0.2) is 4.79 Å². The van der Waals surface area contributed by atoms with E-state index in [1.54, 1.807) is 0 Å². The molecule has 0 aromatic rings. The Hall–Kier alpha value is -0.380. The van der Waals surface area contributed by atoms with Crippen LogP contribution in [0.2, 0.25) is 0 Å². The van der Waals surface area contributed by atoms with Crippen LogP contribution >= 0.6 is 11.8 Å². The van der Waals surface area contributed by atoms with Crippen LogP contribution in [-0.4, -0.2) is 41.1 Å². The fraction of sp³-hybridized carbons (Fsp3) is 0.889. The van der Waals surface area contributed by atoms with Gasteiger partial charge in [0, 0.05) is 30.1 Å². The fourth-order valence-corrected chi connectivity index (χ4v) is 3.42. The third-order valence-electron chi connectivity index (χ3n) is 2.69. The van der Waals surface area contributed by atoms with Gasteiger partial charge in [-0.05, 0) is 12.8 Å². The smallest absolute Gasteiger partial charge is 0.317 e. The normalized spacial score (nSPS) is 31.0. The van der Waals surface area contributed by atoms with Crippen molar-refractivity contribution in [1.82, 2.24) is 10.2 Å². The molecule has 2 saturated heterocycles. The lowest BCUT2D eigenvalue weighted by atomic mass is 10.2. The first-order chi connectivity index (χ1) is 6.31. The molecule has 2 aliphatic heterocycles. The molecule has 0 aromatic carbocycles. The van der Waals surface area contributed by atoms with E-state index >= 15 is 0 Å². The maximum atomic E-state index is 11.6. The second-order valence-corrected chi connectivity index (χ2v) is 5.06. The van der Waals surface area contributed by atoms with Crippen LogP contribution in [0.25, 0.3) is 0 Å². The molecule has 0 aliphatic carbocycles. The summed E-state index contributed by atoms with van der Waals surface area (Å²) in [5, 5.41) is 3.66. The number of nitrogens with zero attached hydrogens (tertiary/aromatic N) is 1. The predicted octanol–water partition coefficient (Wildman–Crippen LogP) is 1.30. The number of hydrogen-bond donors (Lipinski definition) is 1. The molecule has 2 atom stereocenters. The van der Waals surface area contributed by atoms with Crippen molar-refractivity contribution in [2.24, 2.45) is 0 Å². The van der Waals surface area contributed by atoms with Crippen molar-refractivity contribution < 1.29 is 4.79 Å². The monoisotopic (exact) mass is 200 g/mol. The summed E-state index contributed by atoms with van der Waals surface area (Å²) < 4.78 is 0. The zero-order valence-electron chi connectivity index (χ0n) is 7.95. The maximum absolute atomic E-state index is 11.6. The van der Waals surface area contributed by atoms with Crippen LogP contribution in [0.1, 0.15) is 19.8 Å². The Morgan fingerprint density at radius 1 is 1.69 bits per heavy atom. The molecule has 0 radical (unpaired) electrons. The number of hydrogen-bond acceptors (Lipinski definition) is 2. The summed E-state index contributed by atoms with van der Waals surface area (Å²) in [6, 6.07) is 0.668. The largest absolute Gasteiger partial charge is 0.338 e. The highest BCUT2D eigenvalue weighted by Gasteiger charge is 2.40. The highest BCUT2D eigenvalue weighted by molar-refractivity contribution is 8.00. The van der Waals surface area contributed by atoms with Crippen LogP contribution in [0, 0.1) is 0 Å². The average Bonchev–Trinajstić information content (AvgIpc) is 2.74. The number of thioether (sulfide) groups is 1. The van der Waals surface area contributed by atoms with Gasteiger partial charge in [-0.15, -0.1) is 0 Å². The van der Waals surface area contributed by atoms with E-state index in [1.165, 1.54) is 6.42 Å². The molecule has 2 heterocycles. The van der Waals surface area contributed by atoms with E-state index in [2.05, 4.69) is 12.2 Å². The molecule has 0 saturated carbocycles. The molecular weight excluding hydrogens is 184 g/mol. The van der Waals surface area contributed by atoms with Crippen LogP contribution in [0.15, 0.2) is 0 Å². The Balaban J connectivity index is 1.84. The third-order valence-corrected chi connectivity index (χ3v) is 4.08. The maximum Gasteiger partial charge on any atom is 0.317 e. The first kappa shape index (κ1) is 9.19. The molecular formula is C9H16N2OS. The molecule has 2 aliphatic rings. The van der Waals surface area contributed by atoms with E-state index in [0.717, 1.165) is 30.5 Å². The van der Waals surface area contributed by atoms with E-state index in [-0.39, 0.29) is 6.03 Å². The van der Waals surface area contributed by atoms with E-state index in [1.807, 2.05) is 16.7 Å². The Morgan fingerprint density at radius 2 is 2.54 bits per heavy atom. The lowest BCUT2D eigenvalue weighted by Crippen LogP contribution is -2.45. The second kappa shape index (κ2) is 3.78. The number of nitrogens with one attached hydrogen (secondary N) is 1. The minimum atomic E-state index is 0.148. The first-order valence-corrected chi connectivity index (χ1v) is 6.02. The standard InChI is InChI=1S/C9H16N2OS/c1-2-3-10-9(12)11-5-8-4-7(11)6-13-8/h7-8H,2-6H2,1H3,(H,10,12). The first-order valence-electron chi connectivity index (χ1n) is 4.97. The average molecular weight is 200 g/mol. The van der Waals surface area contributed by atoms with Gasteiger partial charge in [0.15, 0.2) is 0 Å². The molecule has 74 valence electrons. The van der Waals surface area contributed by atoms with E-state index < -0.39 is 0 Å². The van der Waals surface area contributed by atoms with Crippen LogP contribution in [-0.2, 0) is 0 Å². The minimum absolute atomic E-state index is 0.148. The SMILES string of the molecule is CCCNC(=O)N1CC2CC1CS2. The molecule has 2 rings (SSSR count). The summed E-state index contributed by atoms with van der Waals surface area (Å²) in [6.45, 7) is 3.84.